The van der Waals surface area contributed by atoms with Crippen molar-refractivity contribution < 1.29 is 14.2 Å². The van der Waals surface area contributed by atoms with Crippen LogP contribution in [0.1, 0.15) is 0 Å². The molecule has 0 spiro atoms. The van der Waals surface area contributed by atoms with E-state index in [1.165, 1.54) is 0 Å². The number of nitrogens with one attached hydrogen (secondary N) is 3. The number of hydrazine groups is 1. The van der Waals surface area contributed by atoms with E-state index >= 15 is 0 Å². The quantitative estimate of drug-likeness (QED) is 0.456. The van der Waals surface area contributed by atoms with Gasteiger partial charge in [-0.2, -0.15) is 4.98 Å². The molecular formula is C21H26N6O3. The number of rotatable bonds is 9. The Labute approximate surface area is 176 Å². The zero-order valence-corrected chi connectivity index (χ0v) is 17.7. The van der Waals surface area contributed by atoms with Crippen molar-refractivity contribution in [2.24, 2.45) is 0 Å². The molecule has 9 heteroatoms. The van der Waals surface area contributed by atoms with E-state index in [1.807, 2.05) is 43.3 Å². The molecule has 0 aliphatic carbocycles. The minimum Gasteiger partial charge on any atom is -0.493 e. The molecule has 0 atom stereocenters. The summed E-state index contributed by atoms with van der Waals surface area (Å²) in [6.07, 6.45) is 1.67. The molecule has 3 N–H and O–H groups in total. The molecule has 0 saturated heterocycles. The van der Waals surface area contributed by atoms with Gasteiger partial charge in [0, 0.05) is 43.8 Å². The van der Waals surface area contributed by atoms with Gasteiger partial charge in [0.15, 0.2) is 11.5 Å². The number of benzene rings is 2. The molecule has 0 unspecified atom stereocenters. The second-order valence-electron chi connectivity index (χ2n) is 6.50. The van der Waals surface area contributed by atoms with E-state index in [1.54, 1.807) is 45.7 Å². The largest absolute Gasteiger partial charge is 0.493 e. The first-order chi connectivity index (χ1) is 14.5. The average molecular weight is 410 g/mol. The third kappa shape index (κ3) is 4.93. The van der Waals surface area contributed by atoms with Gasteiger partial charge >= 0.3 is 0 Å². The molecule has 1 heterocycles. The Morgan fingerprint density at radius 1 is 0.800 bits per heavy atom. The van der Waals surface area contributed by atoms with Crippen LogP contribution in [0.5, 0.6) is 17.2 Å². The molecule has 30 heavy (non-hydrogen) atoms. The Bertz CT molecular complexity index is 954. The predicted octanol–water partition coefficient (Wildman–Crippen LogP) is 3.75. The fourth-order valence-electron chi connectivity index (χ4n) is 2.76. The zero-order valence-electron chi connectivity index (χ0n) is 17.7. The fourth-order valence-corrected chi connectivity index (χ4v) is 2.76. The Balaban J connectivity index is 1.70. The van der Waals surface area contributed by atoms with E-state index < -0.39 is 0 Å². The van der Waals surface area contributed by atoms with Crippen molar-refractivity contribution in [1.29, 1.82) is 0 Å². The minimum atomic E-state index is 0.402. The number of nitrogens with zero attached hydrogens (tertiary/aromatic N) is 3. The van der Waals surface area contributed by atoms with Crippen LogP contribution in [-0.4, -0.2) is 45.4 Å². The smallest absolute Gasteiger partial charge is 0.243 e. The molecule has 1 aromatic heterocycles. The molecule has 0 aliphatic heterocycles. The molecule has 3 rings (SSSR count). The molecular weight excluding hydrogens is 384 g/mol. The lowest BCUT2D eigenvalue weighted by atomic mass is 10.2. The van der Waals surface area contributed by atoms with Crippen molar-refractivity contribution in [1.82, 2.24) is 9.97 Å². The van der Waals surface area contributed by atoms with Gasteiger partial charge in [0.25, 0.3) is 0 Å². The maximum atomic E-state index is 5.36. The van der Waals surface area contributed by atoms with Crippen LogP contribution in [0, 0.1) is 0 Å². The van der Waals surface area contributed by atoms with Crippen molar-refractivity contribution in [3.05, 3.63) is 48.7 Å². The first kappa shape index (κ1) is 20.8. The van der Waals surface area contributed by atoms with Crippen LogP contribution < -0.4 is 35.3 Å². The lowest BCUT2D eigenvalue weighted by molar-refractivity contribution is 0.324. The number of anilines is 5. The Kier molecular flexibility index (Phi) is 6.63. The lowest BCUT2D eigenvalue weighted by Crippen LogP contribution is -2.12. The molecule has 3 aromatic rings. The highest BCUT2D eigenvalue weighted by Gasteiger charge is 2.13. The Morgan fingerprint density at radius 2 is 1.47 bits per heavy atom. The molecule has 0 saturated carbocycles. The average Bonchev–Trinajstić information content (AvgIpc) is 2.77. The lowest BCUT2D eigenvalue weighted by Gasteiger charge is -2.16. The van der Waals surface area contributed by atoms with Crippen LogP contribution in [-0.2, 0) is 0 Å². The van der Waals surface area contributed by atoms with Gasteiger partial charge in [0.2, 0.25) is 11.7 Å². The Morgan fingerprint density at radius 3 is 2.03 bits per heavy atom. The normalized spacial score (nSPS) is 10.2. The van der Waals surface area contributed by atoms with Gasteiger partial charge in [-0.1, -0.05) is 0 Å². The summed E-state index contributed by atoms with van der Waals surface area (Å²) in [6.45, 7) is 0. The summed E-state index contributed by atoms with van der Waals surface area (Å²) in [7, 11) is 8.71. The number of hydrogen-bond donors (Lipinski definition) is 3. The van der Waals surface area contributed by atoms with Crippen molar-refractivity contribution >= 4 is 28.8 Å². The van der Waals surface area contributed by atoms with E-state index in [2.05, 4.69) is 26.1 Å². The number of aromatic nitrogens is 2. The second kappa shape index (κ2) is 9.55. The summed E-state index contributed by atoms with van der Waals surface area (Å²) in [5.74, 6) is 2.67. The second-order valence-corrected chi connectivity index (χ2v) is 6.50. The molecule has 9 nitrogen and oxygen atoms in total. The van der Waals surface area contributed by atoms with Crippen molar-refractivity contribution in [2.45, 2.75) is 0 Å². The third-order valence-corrected chi connectivity index (χ3v) is 4.30. The molecule has 0 radical (unpaired) electrons. The third-order valence-electron chi connectivity index (χ3n) is 4.30. The van der Waals surface area contributed by atoms with Crippen LogP contribution in [0.4, 0.5) is 28.8 Å². The van der Waals surface area contributed by atoms with E-state index in [9.17, 15) is 0 Å². The summed E-state index contributed by atoms with van der Waals surface area (Å²) in [4.78, 5) is 10.7. The van der Waals surface area contributed by atoms with Crippen LogP contribution in [0.25, 0.3) is 0 Å². The summed E-state index contributed by atoms with van der Waals surface area (Å²) in [6, 6.07) is 13.4. The van der Waals surface area contributed by atoms with Crippen molar-refractivity contribution in [3.63, 3.8) is 0 Å². The summed E-state index contributed by atoms with van der Waals surface area (Å²) in [5, 5.41) is 3.27. The monoisotopic (exact) mass is 410 g/mol. The molecule has 158 valence electrons. The van der Waals surface area contributed by atoms with Gasteiger partial charge in [0.1, 0.15) is 5.82 Å². The van der Waals surface area contributed by atoms with Gasteiger partial charge in [0.05, 0.1) is 27.0 Å². The molecule has 2 aromatic carbocycles. The first-order valence-corrected chi connectivity index (χ1v) is 9.23. The molecule has 0 bridgehead atoms. The van der Waals surface area contributed by atoms with E-state index in [-0.39, 0.29) is 0 Å². The van der Waals surface area contributed by atoms with E-state index in [4.69, 9.17) is 14.2 Å². The van der Waals surface area contributed by atoms with Crippen LogP contribution in [0.3, 0.4) is 0 Å². The van der Waals surface area contributed by atoms with Gasteiger partial charge < -0.3 is 24.4 Å². The standard InChI is InChI=1S/C21H26N6O3/c1-27(2)16-8-6-14(7-9-16)23-19-10-11-22-21(24-19)26-25-15-12-17(28-3)20(30-5)18(13-15)29-4/h6-13,25H,1-5H3,(H2,22,23,24,26). The van der Waals surface area contributed by atoms with Crippen LogP contribution in [0.2, 0.25) is 0 Å². The molecule has 0 amide bonds. The maximum absolute atomic E-state index is 5.36. The highest BCUT2D eigenvalue weighted by atomic mass is 16.5. The van der Waals surface area contributed by atoms with Crippen molar-refractivity contribution in [2.75, 3.05) is 56.5 Å². The van der Waals surface area contributed by atoms with Gasteiger partial charge in [-0.3, -0.25) is 10.9 Å². The van der Waals surface area contributed by atoms with Gasteiger partial charge in [-0.15, -0.1) is 0 Å². The minimum absolute atomic E-state index is 0.402. The Hall–Kier alpha value is -3.88. The SMILES string of the molecule is COc1cc(NNc2nccc(Nc3ccc(N(C)C)cc3)n2)cc(OC)c1OC. The zero-order chi connectivity index (χ0) is 21.5. The van der Waals surface area contributed by atoms with Crippen molar-refractivity contribution in [3.8, 4) is 17.2 Å². The van der Waals surface area contributed by atoms with Gasteiger partial charge in [-0.05, 0) is 30.3 Å². The number of methoxy groups -OCH3 is 3. The highest BCUT2D eigenvalue weighted by molar-refractivity contribution is 5.64. The van der Waals surface area contributed by atoms with E-state index in [0.717, 1.165) is 11.4 Å². The number of ether oxygens (including phenoxy) is 3. The predicted molar refractivity (Wildman–Crippen MR) is 119 cm³/mol. The molecule has 0 aliphatic rings. The van der Waals surface area contributed by atoms with Crippen LogP contribution >= 0.6 is 0 Å². The van der Waals surface area contributed by atoms with Gasteiger partial charge in [-0.25, -0.2) is 4.98 Å². The molecule has 0 fully saturated rings. The van der Waals surface area contributed by atoms with Crippen LogP contribution in [0.15, 0.2) is 48.7 Å². The summed E-state index contributed by atoms with van der Waals surface area (Å²) >= 11 is 0. The topological polar surface area (TPSA) is 92.8 Å². The maximum Gasteiger partial charge on any atom is 0.243 e. The number of hydrogen-bond acceptors (Lipinski definition) is 9. The highest BCUT2D eigenvalue weighted by Crippen LogP contribution is 2.39. The first-order valence-electron chi connectivity index (χ1n) is 9.23. The summed E-state index contributed by atoms with van der Waals surface area (Å²) < 4.78 is 16.1. The fraction of sp³-hybridized carbons (Fsp3) is 0.238. The summed E-state index contributed by atoms with van der Waals surface area (Å²) in [5.41, 5.74) is 8.79. The van der Waals surface area contributed by atoms with E-state index in [0.29, 0.717) is 34.7 Å².